The van der Waals surface area contributed by atoms with Crippen molar-refractivity contribution in [3.8, 4) is 0 Å². The maximum absolute atomic E-state index is 13.9. The first kappa shape index (κ1) is 23.8. The number of esters is 2. The highest BCUT2D eigenvalue weighted by Crippen LogP contribution is 2.45. The van der Waals surface area contributed by atoms with E-state index >= 15 is 0 Å². The summed E-state index contributed by atoms with van der Waals surface area (Å²) in [7, 11) is 0. The second kappa shape index (κ2) is 9.75. The van der Waals surface area contributed by atoms with Gasteiger partial charge in [0.05, 0.1) is 25.3 Å². The van der Waals surface area contributed by atoms with Crippen molar-refractivity contribution >= 4 is 11.9 Å². The molecule has 0 amide bonds. The van der Waals surface area contributed by atoms with Crippen LogP contribution in [0.15, 0.2) is 36.5 Å². The normalized spacial score (nSPS) is 21.2. The van der Waals surface area contributed by atoms with Gasteiger partial charge < -0.3 is 9.47 Å². The molecule has 1 aliphatic rings. The van der Waals surface area contributed by atoms with Gasteiger partial charge in [-0.15, -0.1) is 0 Å². The van der Waals surface area contributed by atoms with E-state index in [0.717, 1.165) is 10.9 Å². The predicted molar refractivity (Wildman–Crippen MR) is 110 cm³/mol. The molecule has 1 aromatic carbocycles. The van der Waals surface area contributed by atoms with Gasteiger partial charge in [0.25, 0.3) is 0 Å². The highest BCUT2D eigenvalue weighted by Gasteiger charge is 2.43. The fourth-order valence-corrected chi connectivity index (χ4v) is 4.15. The lowest BCUT2D eigenvalue weighted by molar-refractivity contribution is -0.146. The van der Waals surface area contributed by atoms with E-state index in [1.165, 1.54) is 0 Å². The third-order valence-electron chi connectivity index (χ3n) is 5.88. The molecule has 0 bridgehead atoms. The number of carbonyl (C=O) groups excluding carboxylic acids is 2. The Bertz CT molecular complexity index is 932. The molecule has 32 heavy (non-hydrogen) atoms. The van der Waals surface area contributed by atoms with Crippen LogP contribution in [-0.2, 0) is 27.1 Å². The fourth-order valence-electron chi connectivity index (χ4n) is 4.15. The van der Waals surface area contributed by atoms with Crippen LogP contribution in [0.25, 0.3) is 0 Å². The standard InChI is InChI=1S/C23H27F3N2O4/c1-3-31-19(29)13-22(2)11-9-17(10-12-22)28-20(23(24,25)26)18(14-27-28)21(30)32-15-16-7-5-4-6-8-16/h4-8,14,17H,3,9-13,15H2,1-2H3. The first-order chi connectivity index (χ1) is 15.1. The lowest BCUT2D eigenvalue weighted by Crippen LogP contribution is -2.31. The molecule has 1 fully saturated rings. The molecule has 0 unspecified atom stereocenters. The number of aromatic nitrogens is 2. The van der Waals surface area contributed by atoms with Crippen molar-refractivity contribution in [2.45, 2.75) is 64.8 Å². The molecule has 174 valence electrons. The summed E-state index contributed by atoms with van der Waals surface area (Å²) in [5.74, 6) is -1.36. The molecule has 3 rings (SSSR count). The van der Waals surface area contributed by atoms with Gasteiger partial charge in [-0.25, -0.2) is 4.79 Å². The molecule has 2 aromatic rings. The minimum absolute atomic E-state index is 0.127. The molecule has 1 heterocycles. The van der Waals surface area contributed by atoms with E-state index in [-0.39, 0.29) is 24.4 Å². The molecular weight excluding hydrogens is 425 g/mol. The van der Waals surface area contributed by atoms with Gasteiger partial charge in [0.15, 0.2) is 5.69 Å². The van der Waals surface area contributed by atoms with Crippen LogP contribution in [0.2, 0.25) is 0 Å². The number of hydrogen-bond donors (Lipinski definition) is 0. The topological polar surface area (TPSA) is 70.4 Å². The van der Waals surface area contributed by atoms with Crippen LogP contribution in [0.3, 0.4) is 0 Å². The Labute approximate surface area is 184 Å². The minimum atomic E-state index is -4.76. The van der Waals surface area contributed by atoms with Crippen LogP contribution in [-0.4, -0.2) is 28.3 Å². The van der Waals surface area contributed by atoms with Gasteiger partial charge >= 0.3 is 18.1 Å². The van der Waals surface area contributed by atoms with Gasteiger partial charge in [-0.2, -0.15) is 18.3 Å². The number of benzene rings is 1. The average molecular weight is 452 g/mol. The van der Waals surface area contributed by atoms with E-state index in [1.807, 2.05) is 6.92 Å². The zero-order chi connectivity index (χ0) is 23.4. The Morgan fingerprint density at radius 3 is 2.41 bits per heavy atom. The third kappa shape index (κ3) is 5.69. The molecule has 9 heteroatoms. The summed E-state index contributed by atoms with van der Waals surface area (Å²) in [6.45, 7) is 3.84. The summed E-state index contributed by atoms with van der Waals surface area (Å²) in [4.78, 5) is 24.3. The van der Waals surface area contributed by atoms with Gasteiger partial charge in [0.1, 0.15) is 12.2 Å². The molecule has 0 radical (unpaired) electrons. The second-order valence-corrected chi connectivity index (χ2v) is 8.43. The lowest BCUT2D eigenvalue weighted by atomic mass is 9.72. The Morgan fingerprint density at radius 2 is 1.81 bits per heavy atom. The average Bonchev–Trinajstić information content (AvgIpc) is 3.19. The van der Waals surface area contributed by atoms with Gasteiger partial charge in [-0.3, -0.25) is 9.48 Å². The summed E-state index contributed by atoms with van der Waals surface area (Å²) in [6, 6.07) is 8.21. The highest BCUT2D eigenvalue weighted by atomic mass is 19.4. The predicted octanol–water partition coefficient (Wildman–Crippen LogP) is 5.33. The van der Waals surface area contributed by atoms with Crippen molar-refractivity contribution < 1.29 is 32.2 Å². The van der Waals surface area contributed by atoms with Gasteiger partial charge in [-0.05, 0) is 43.6 Å². The summed E-state index contributed by atoms with van der Waals surface area (Å²) in [5.41, 5.74) is -1.33. The number of nitrogens with zero attached hydrogens (tertiary/aromatic N) is 2. The van der Waals surface area contributed by atoms with Crippen LogP contribution in [0, 0.1) is 5.41 Å². The van der Waals surface area contributed by atoms with Gasteiger partial charge in [0, 0.05) is 0 Å². The van der Waals surface area contributed by atoms with E-state index in [9.17, 15) is 22.8 Å². The zero-order valence-electron chi connectivity index (χ0n) is 18.2. The maximum atomic E-state index is 13.9. The van der Waals surface area contributed by atoms with Crippen molar-refractivity contribution in [1.29, 1.82) is 0 Å². The smallest absolute Gasteiger partial charge is 0.433 e. The number of alkyl halides is 3. The summed E-state index contributed by atoms with van der Waals surface area (Å²) >= 11 is 0. The van der Waals surface area contributed by atoms with Crippen LogP contribution >= 0.6 is 0 Å². The van der Waals surface area contributed by atoms with Crippen molar-refractivity contribution in [2.24, 2.45) is 5.41 Å². The van der Waals surface area contributed by atoms with Gasteiger partial charge in [0.2, 0.25) is 0 Å². The largest absolute Gasteiger partial charge is 0.466 e. The fraction of sp³-hybridized carbons (Fsp3) is 0.522. The van der Waals surface area contributed by atoms with E-state index in [2.05, 4.69) is 5.10 Å². The van der Waals surface area contributed by atoms with Crippen LogP contribution < -0.4 is 0 Å². The molecular formula is C23H27F3N2O4. The maximum Gasteiger partial charge on any atom is 0.433 e. The molecule has 0 saturated heterocycles. The molecule has 1 aliphatic carbocycles. The number of hydrogen-bond acceptors (Lipinski definition) is 5. The first-order valence-corrected chi connectivity index (χ1v) is 10.6. The Morgan fingerprint density at radius 1 is 1.16 bits per heavy atom. The summed E-state index contributed by atoms with van der Waals surface area (Å²) in [5, 5.41) is 3.92. The van der Waals surface area contributed by atoms with Crippen molar-refractivity contribution in [3.05, 3.63) is 53.3 Å². The van der Waals surface area contributed by atoms with Crippen LogP contribution in [0.1, 0.15) is 73.6 Å². The van der Waals surface area contributed by atoms with E-state index < -0.39 is 29.4 Å². The first-order valence-electron chi connectivity index (χ1n) is 10.6. The molecule has 1 saturated carbocycles. The van der Waals surface area contributed by atoms with Crippen LogP contribution in [0.4, 0.5) is 13.2 Å². The second-order valence-electron chi connectivity index (χ2n) is 8.43. The Kier molecular flexibility index (Phi) is 7.26. The van der Waals surface area contributed by atoms with Crippen molar-refractivity contribution in [3.63, 3.8) is 0 Å². The number of ether oxygens (including phenoxy) is 2. The third-order valence-corrected chi connectivity index (χ3v) is 5.88. The van der Waals surface area contributed by atoms with E-state index in [0.29, 0.717) is 37.9 Å². The minimum Gasteiger partial charge on any atom is -0.466 e. The Hall–Kier alpha value is -2.84. The summed E-state index contributed by atoms with van der Waals surface area (Å²) < 4.78 is 52.7. The number of carbonyl (C=O) groups is 2. The molecule has 6 nitrogen and oxygen atoms in total. The number of rotatable bonds is 7. The summed E-state index contributed by atoms with van der Waals surface area (Å²) in [6.07, 6.45) is -1.65. The quantitative estimate of drug-likeness (QED) is 0.531. The highest BCUT2D eigenvalue weighted by molar-refractivity contribution is 5.90. The van der Waals surface area contributed by atoms with Gasteiger partial charge in [-0.1, -0.05) is 37.3 Å². The Balaban J connectivity index is 1.73. The number of halogens is 3. The molecule has 0 N–H and O–H groups in total. The van der Waals surface area contributed by atoms with Crippen molar-refractivity contribution in [2.75, 3.05) is 6.61 Å². The molecule has 1 aromatic heterocycles. The van der Waals surface area contributed by atoms with E-state index in [4.69, 9.17) is 9.47 Å². The SMILES string of the molecule is CCOC(=O)CC1(C)CCC(n2ncc(C(=O)OCc3ccccc3)c2C(F)(F)F)CC1. The molecule has 0 spiro atoms. The van der Waals surface area contributed by atoms with Crippen LogP contribution in [0.5, 0.6) is 0 Å². The van der Waals surface area contributed by atoms with E-state index in [1.54, 1.807) is 37.3 Å². The lowest BCUT2D eigenvalue weighted by Gasteiger charge is -2.37. The molecule has 0 atom stereocenters. The molecule has 0 aliphatic heterocycles. The monoisotopic (exact) mass is 452 g/mol. The van der Waals surface area contributed by atoms with Crippen molar-refractivity contribution in [1.82, 2.24) is 9.78 Å². The zero-order valence-corrected chi connectivity index (χ0v) is 18.2.